The summed E-state index contributed by atoms with van der Waals surface area (Å²) in [6.45, 7) is 4.09. The molecule has 1 heterocycles. The fourth-order valence-electron chi connectivity index (χ4n) is 1.81. The second-order valence-electron chi connectivity index (χ2n) is 4.56. The Morgan fingerprint density at radius 1 is 1.35 bits per heavy atom. The van der Waals surface area contributed by atoms with Gasteiger partial charge in [-0.15, -0.1) is 0 Å². The Hall–Kier alpha value is -1.79. The first-order chi connectivity index (χ1) is 9.47. The van der Waals surface area contributed by atoms with Gasteiger partial charge in [-0.2, -0.15) is 0 Å². The zero-order valence-electron chi connectivity index (χ0n) is 11.3. The number of benzene rings is 1. The van der Waals surface area contributed by atoms with E-state index in [2.05, 4.69) is 10.3 Å². The highest BCUT2D eigenvalue weighted by molar-refractivity contribution is 5.21. The minimum Gasteiger partial charge on any atom is -0.444 e. The largest absolute Gasteiger partial charge is 0.444 e. The van der Waals surface area contributed by atoms with E-state index in [1.165, 1.54) is 6.07 Å². The average molecular weight is 282 g/mol. The summed E-state index contributed by atoms with van der Waals surface area (Å²) in [5, 5.41) is 12.8. The minimum absolute atomic E-state index is 0.0543. The van der Waals surface area contributed by atoms with Crippen molar-refractivity contribution < 1.29 is 18.3 Å². The lowest BCUT2D eigenvalue weighted by molar-refractivity contribution is 0.168. The maximum Gasteiger partial charge on any atom is 0.208 e. The van der Waals surface area contributed by atoms with Gasteiger partial charge in [0.05, 0.1) is 18.3 Å². The number of rotatable bonds is 5. The van der Waals surface area contributed by atoms with Crippen molar-refractivity contribution in [3.8, 4) is 0 Å². The van der Waals surface area contributed by atoms with Gasteiger partial charge >= 0.3 is 0 Å². The van der Waals surface area contributed by atoms with Gasteiger partial charge in [0, 0.05) is 18.2 Å². The van der Waals surface area contributed by atoms with Crippen LogP contribution in [0.25, 0.3) is 0 Å². The van der Waals surface area contributed by atoms with Crippen molar-refractivity contribution >= 4 is 0 Å². The number of nitrogens with one attached hydrogen (secondary N) is 1. The molecule has 0 saturated carbocycles. The Labute approximate surface area is 115 Å². The van der Waals surface area contributed by atoms with Crippen LogP contribution in [0.15, 0.2) is 22.6 Å². The maximum absolute atomic E-state index is 13.4. The molecule has 2 rings (SSSR count). The fraction of sp³-hybridized carbons (Fsp3) is 0.357. The Balaban J connectivity index is 1.90. The van der Waals surface area contributed by atoms with E-state index in [0.29, 0.717) is 12.4 Å². The van der Waals surface area contributed by atoms with Crippen LogP contribution in [-0.4, -0.2) is 16.6 Å². The standard InChI is InChI=1S/C14H16F2N2O2/c1-8-9(2)20-14(18-8)7-17-6-13(19)11-4-3-10(15)5-12(11)16/h3-5,13,17,19H,6-7H2,1-2H3. The number of aromatic nitrogens is 1. The highest BCUT2D eigenvalue weighted by Crippen LogP contribution is 2.17. The fourth-order valence-corrected chi connectivity index (χ4v) is 1.81. The van der Waals surface area contributed by atoms with E-state index in [1.54, 1.807) is 0 Å². The molecule has 1 unspecified atom stereocenters. The Bertz CT molecular complexity index is 579. The molecule has 0 bridgehead atoms. The smallest absolute Gasteiger partial charge is 0.208 e. The molecule has 0 spiro atoms. The third-order valence-electron chi connectivity index (χ3n) is 3.01. The molecule has 2 N–H and O–H groups in total. The SMILES string of the molecule is Cc1nc(CNCC(O)c2ccc(F)cc2F)oc1C. The summed E-state index contributed by atoms with van der Waals surface area (Å²) >= 11 is 0. The summed E-state index contributed by atoms with van der Waals surface area (Å²) < 4.78 is 31.6. The normalized spacial score (nSPS) is 12.7. The van der Waals surface area contributed by atoms with Gasteiger partial charge < -0.3 is 14.8 Å². The van der Waals surface area contributed by atoms with Gasteiger partial charge in [-0.1, -0.05) is 6.07 Å². The zero-order valence-corrected chi connectivity index (χ0v) is 11.3. The number of aliphatic hydroxyl groups is 1. The molecular formula is C14H16F2N2O2. The predicted molar refractivity (Wildman–Crippen MR) is 69.0 cm³/mol. The van der Waals surface area contributed by atoms with Gasteiger partial charge in [0.15, 0.2) is 0 Å². The van der Waals surface area contributed by atoms with Crippen LogP contribution in [0.1, 0.15) is 29.0 Å². The molecule has 0 radical (unpaired) electrons. The molecule has 108 valence electrons. The monoisotopic (exact) mass is 282 g/mol. The van der Waals surface area contributed by atoms with E-state index < -0.39 is 17.7 Å². The lowest BCUT2D eigenvalue weighted by Gasteiger charge is -2.12. The molecule has 1 atom stereocenters. The molecule has 2 aromatic rings. The van der Waals surface area contributed by atoms with Gasteiger partial charge in [-0.25, -0.2) is 13.8 Å². The van der Waals surface area contributed by atoms with E-state index in [9.17, 15) is 13.9 Å². The van der Waals surface area contributed by atoms with Gasteiger partial charge in [0.1, 0.15) is 17.4 Å². The molecule has 4 nitrogen and oxygen atoms in total. The molecule has 0 fully saturated rings. The number of oxazole rings is 1. The first kappa shape index (κ1) is 14.6. The van der Waals surface area contributed by atoms with Crippen molar-refractivity contribution in [1.82, 2.24) is 10.3 Å². The number of hydrogen-bond acceptors (Lipinski definition) is 4. The van der Waals surface area contributed by atoms with E-state index in [1.807, 2.05) is 13.8 Å². The summed E-state index contributed by atoms with van der Waals surface area (Å²) in [6.07, 6.45) is -1.06. The lowest BCUT2D eigenvalue weighted by Crippen LogP contribution is -2.22. The molecule has 0 saturated heterocycles. The number of hydrogen-bond donors (Lipinski definition) is 2. The van der Waals surface area contributed by atoms with Crippen molar-refractivity contribution in [2.75, 3.05) is 6.54 Å². The second-order valence-corrected chi connectivity index (χ2v) is 4.56. The molecule has 0 aliphatic heterocycles. The molecule has 0 aliphatic rings. The van der Waals surface area contributed by atoms with Gasteiger partial charge in [-0.3, -0.25) is 0 Å². The molecular weight excluding hydrogens is 266 g/mol. The average Bonchev–Trinajstić information content (AvgIpc) is 2.68. The zero-order chi connectivity index (χ0) is 14.7. The molecule has 0 aliphatic carbocycles. The van der Waals surface area contributed by atoms with Gasteiger partial charge in [0.25, 0.3) is 0 Å². The number of aliphatic hydroxyl groups excluding tert-OH is 1. The second kappa shape index (κ2) is 6.11. The Morgan fingerprint density at radius 2 is 2.10 bits per heavy atom. The highest BCUT2D eigenvalue weighted by Gasteiger charge is 2.13. The van der Waals surface area contributed by atoms with Crippen LogP contribution in [0.5, 0.6) is 0 Å². The van der Waals surface area contributed by atoms with E-state index >= 15 is 0 Å². The van der Waals surface area contributed by atoms with Crippen LogP contribution in [0.3, 0.4) is 0 Å². The summed E-state index contributed by atoms with van der Waals surface area (Å²) in [5.41, 5.74) is 0.866. The summed E-state index contributed by atoms with van der Waals surface area (Å²) in [5.74, 6) is -0.182. The molecule has 0 amide bonds. The number of halogens is 2. The van der Waals surface area contributed by atoms with Gasteiger partial charge in [-0.05, 0) is 19.9 Å². The van der Waals surface area contributed by atoms with Gasteiger partial charge in [0.2, 0.25) is 5.89 Å². The third-order valence-corrected chi connectivity index (χ3v) is 3.01. The first-order valence-corrected chi connectivity index (χ1v) is 6.24. The minimum atomic E-state index is -1.06. The number of aryl methyl sites for hydroxylation is 2. The van der Waals surface area contributed by atoms with Crippen LogP contribution in [0.4, 0.5) is 8.78 Å². The van der Waals surface area contributed by atoms with Crippen LogP contribution in [0, 0.1) is 25.5 Å². The highest BCUT2D eigenvalue weighted by atomic mass is 19.1. The van der Waals surface area contributed by atoms with Crippen molar-refractivity contribution in [2.24, 2.45) is 0 Å². The van der Waals surface area contributed by atoms with Crippen molar-refractivity contribution in [3.63, 3.8) is 0 Å². The topological polar surface area (TPSA) is 58.3 Å². The third kappa shape index (κ3) is 3.40. The predicted octanol–water partition coefficient (Wildman–Crippen LogP) is 2.39. The quantitative estimate of drug-likeness (QED) is 0.884. The molecule has 20 heavy (non-hydrogen) atoms. The van der Waals surface area contributed by atoms with Crippen LogP contribution in [0.2, 0.25) is 0 Å². The van der Waals surface area contributed by atoms with Crippen molar-refractivity contribution in [3.05, 3.63) is 52.7 Å². The van der Waals surface area contributed by atoms with Crippen molar-refractivity contribution in [1.29, 1.82) is 0 Å². The molecule has 6 heteroatoms. The summed E-state index contributed by atoms with van der Waals surface area (Å²) in [7, 11) is 0. The van der Waals surface area contributed by atoms with Crippen LogP contribution < -0.4 is 5.32 Å². The maximum atomic E-state index is 13.4. The van der Waals surface area contributed by atoms with Crippen molar-refractivity contribution in [2.45, 2.75) is 26.5 Å². The van der Waals surface area contributed by atoms with E-state index in [0.717, 1.165) is 23.6 Å². The Kier molecular flexibility index (Phi) is 4.46. The van der Waals surface area contributed by atoms with E-state index in [-0.39, 0.29) is 12.1 Å². The molecule has 1 aromatic carbocycles. The lowest BCUT2D eigenvalue weighted by atomic mass is 10.1. The number of nitrogens with zero attached hydrogens (tertiary/aromatic N) is 1. The summed E-state index contributed by atoms with van der Waals surface area (Å²) in [4.78, 5) is 4.17. The summed E-state index contributed by atoms with van der Waals surface area (Å²) in [6, 6.07) is 3.10. The van der Waals surface area contributed by atoms with E-state index in [4.69, 9.17) is 4.42 Å². The molecule has 1 aromatic heterocycles. The van der Waals surface area contributed by atoms with Crippen LogP contribution in [-0.2, 0) is 6.54 Å². The Morgan fingerprint density at radius 3 is 2.70 bits per heavy atom. The first-order valence-electron chi connectivity index (χ1n) is 6.24. The van der Waals surface area contributed by atoms with Crippen LogP contribution >= 0.6 is 0 Å².